The third-order valence-electron chi connectivity index (χ3n) is 4.12. The molecule has 4 nitrogen and oxygen atoms in total. The normalized spacial score (nSPS) is 29.4. The fourth-order valence-corrected chi connectivity index (χ4v) is 2.91. The van der Waals surface area contributed by atoms with Crippen LogP contribution in [0.15, 0.2) is 0 Å². The molecule has 2 saturated heterocycles. The van der Waals surface area contributed by atoms with E-state index in [0.29, 0.717) is 17.7 Å². The van der Waals surface area contributed by atoms with E-state index in [9.17, 15) is 4.79 Å². The van der Waals surface area contributed by atoms with Gasteiger partial charge in [0.05, 0.1) is 0 Å². The van der Waals surface area contributed by atoms with E-state index in [0.717, 1.165) is 52.1 Å². The van der Waals surface area contributed by atoms with Crippen LogP contribution in [0.1, 0.15) is 19.8 Å². The lowest BCUT2D eigenvalue weighted by Gasteiger charge is -2.32. The topological polar surface area (TPSA) is 35.6 Å². The largest absolute Gasteiger partial charge is 0.314 e. The third-order valence-corrected chi connectivity index (χ3v) is 4.12. The van der Waals surface area contributed by atoms with Crippen molar-refractivity contribution in [2.45, 2.75) is 25.8 Å². The summed E-state index contributed by atoms with van der Waals surface area (Å²) in [6.45, 7) is 8.53. The van der Waals surface area contributed by atoms with Gasteiger partial charge >= 0.3 is 0 Å². The van der Waals surface area contributed by atoms with Gasteiger partial charge in [-0.15, -0.1) is 0 Å². The summed E-state index contributed by atoms with van der Waals surface area (Å²) in [4.78, 5) is 16.9. The van der Waals surface area contributed by atoms with Gasteiger partial charge in [0, 0.05) is 51.1 Å². The number of Topliss-reactive ketones (excluding diaryl/α,β-unsaturated/α-hetero) is 1. The molecule has 0 spiro atoms. The Balaban J connectivity index is 1.77. The second-order valence-corrected chi connectivity index (χ2v) is 5.55. The Morgan fingerprint density at radius 3 is 2.65 bits per heavy atom. The van der Waals surface area contributed by atoms with Crippen molar-refractivity contribution < 1.29 is 4.79 Å². The van der Waals surface area contributed by atoms with Gasteiger partial charge in [-0.05, 0) is 26.9 Å². The van der Waals surface area contributed by atoms with Gasteiger partial charge in [-0.3, -0.25) is 9.69 Å². The molecule has 4 heteroatoms. The predicted octanol–water partition coefficient (Wildman–Crippen LogP) is 0.191. The van der Waals surface area contributed by atoms with Gasteiger partial charge in [-0.2, -0.15) is 0 Å². The summed E-state index contributed by atoms with van der Waals surface area (Å²) in [6.07, 6.45) is 1.79. The van der Waals surface area contributed by atoms with Crippen LogP contribution in [0.3, 0.4) is 0 Å². The van der Waals surface area contributed by atoms with E-state index in [1.165, 1.54) is 0 Å². The molecule has 0 saturated carbocycles. The zero-order valence-corrected chi connectivity index (χ0v) is 11.1. The average Bonchev–Trinajstić information content (AvgIpc) is 2.77. The first kappa shape index (κ1) is 13.0. The molecule has 2 fully saturated rings. The van der Waals surface area contributed by atoms with Crippen molar-refractivity contribution in [3.05, 3.63) is 0 Å². The molecule has 0 aliphatic carbocycles. The van der Waals surface area contributed by atoms with Crippen molar-refractivity contribution >= 4 is 5.78 Å². The fourth-order valence-electron chi connectivity index (χ4n) is 2.91. The van der Waals surface area contributed by atoms with Crippen molar-refractivity contribution in [2.24, 2.45) is 5.92 Å². The molecule has 0 aromatic carbocycles. The van der Waals surface area contributed by atoms with Gasteiger partial charge < -0.3 is 10.2 Å². The van der Waals surface area contributed by atoms with Crippen LogP contribution in [-0.4, -0.2) is 67.9 Å². The highest BCUT2D eigenvalue weighted by Crippen LogP contribution is 2.19. The Hall–Kier alpha value is -0.450. The molecular weight excluding hydrogens is 214 g/mol. The Labute approximate surface area is 104 Å². The number of carbonyl (C=O) groups is 1. The van der Waals surface area contributed by atoms with Gasteiger partial charge in [0.2, 0.25) is 0 Å². The van der Waals surface area contributed by atoms with Crippen molar-refractivity contribution in [3.8, 4) is 0 Å². The van der Waals surface area contributed by atoms with E-state index in [1.54, 1.807) is 0 Å². The predicted molar refractivity (Wildman–Crippen MR) is 69.1 cm³/mol. The number of rotatable bonds is 4. The summed E-state index contributed by atoms with van der Waals surface area (Å²) in [5.41, 5.74) is 0. The average molecular weight is 239 g/mol. The lowest BCUT2D eigenvalue weighted by molar-refractivity contribution is -0.123. The molecule has 0 amide bonds. The lowest BCUT2D eigenvalue weighted by atomic mass is 9.97. The molecule has 17 heavy (non-hydrogen) atoms. The Kier molecular flexibility index (Phi) is 4.54. The maximum Gasteiger partial charge on any atom is 0.138 e. The van der Waals surface area contributed by atoms with E-state index in [-0.39, 0.29) is 0 Å². The molecule has 2 unspecified atom stereocenters. The second-order valence-electron chi connectivity index (χ2n) is 5.55. The first-order valence-electron chi connectivity index (χ1n) is 6.83. The van der Waals surface area contributed by atoms with Crippen LogP contribution < -0.4 is 5.32 Å². The standard InChI is InChI=1S/C13H25N3O/c1-11(16-7-4-14-5-8-16)9-13(17)12-3-6-15(2)10-12/h11-12,14H,3-10H2,1-2H3. The number of ketones is 1. The second kappa shape index (κ2) is 5.94. The zero-order valence-electron chi connectivity index (χ0n) is 11.1. The monoisotopic (exact) mass is 239 g/mol. The van der Waals surface area contributed by atoms with Crippen molar-refractivity contribution in [1.29, 1.82) is 0 Å². The first-order valence-corrected chi connectivity index (χ1v) is 6.83. The van der Waals surface area contributed by atoms with Crippen molar-refractivity contribution in [1.82, 2.24) is 15.1 Å². The molecule has 0 aromatic rings. The van der Waals surface area contributed by atoms with E-state index >= 15 is 0 Å². The van der Waals surface area contributed by atoms with E-state index in [1.807, 2.05) is 0 Å². The lowest BCUT2D eigenvalue weighted by Crippen LogP contribution is -2.48. The van der Waals surface area contributed by atoms with E-state index < -0.39 is 0 Å². The number of hydrogen-bond acceptors (Lipinski definition) is 4. The number of piperazine rings is 1. The van der Waals surface area contributed by atoms with Gasteiger partial charge in [0.25, 0.3) is 0 Å². The Morgan fingerprint density at radius 2 is 2.06 bits per heavy atom. The number of nitrogens with zero attached hydrogens (tertiary/aromatic N) is 2. The van der Waals surface area contributed by atoms with Crippen LogP contribution in [0.25, 0.3) is 0 Å². The van der Waals surface area contributed by atoms with Crippen LogP contribution >= 0.6 is 0 Å². The smallest absolute Gasteiger partial charge is 0.138 e. The molecule has 0 bridgehead atoms. The van der Waals surface area contributed by atoms with Gasteiger partial charge in [-0.25, -0.2) is 0 Å². The quantitative estimate of drug-likeness (QED) is 0.760. The van der Waals surface area contributed by atoms with Crippen LogP contribution in [0.4, 0.5) is 0 Å². The fraction of sp³-hybridized carbons (Fsp3) is 0.923. The molecule has 98 valence electrons. The third kappa shape index (κ3) is 3.50. The van der Waals surface area contributed by atoms with Crippen LogP contribution in [0.5, 0.6) is 0 Å². The number of likely N-dealkylation sites (tertiary alicyclic amines) is 1. The minimum Gasteiger partial charge on any atom is -0.314 e. The molecule has 2 rings (SSSR count). The molecular formula is C13H25N3O. The summed E-state index contributed by atoms with van der Waals surface area (Å²) >= 11 is 0. The summed E-state index contributed by atoms with van der Waals surface area (Å²) < 4.78 is 0. The van der Waals surface area contributed by atoms with Gasteiger partial charge in [-0.1, -0.05) is 0 Å². The van der Waals surface area contributed by atoms with Gasteiger partial charge in [0.1, 0.15) is 5.78 Å². The Morgan fingerprint density at radius 1 is 1.35 bits per heavy atom. The maximum absolute atomic E-state index is 12.2. The van der Waals surface area contributed by atoms with Crippen LogP contribution in [-0.2, 0) is 4.79 Å². The minimum atomic E-state index is 0.297. The molecule has 0 aromatic heterocycles. The number of carbonyl (C=O) groups excluding carboxylic acids is 1. The highest BCUT2D eigenvalue weighted by Gasteiger charge is 2.28. The van der Waals surface area contributed by atoms with Crippen molar-refractivity contribution in [2.75, 3.05) is 46.3 Å². The summed E-state index contributed by atoms with van der Waals surface area (Å²) in [5, 5.41) is 3.35. The molecule has 2 atom stereocenters. The molecule has 1 N–H and O–H groups in total. The maximum atomic E-state index is 12.2. The summed E-state index contributed by atoms with van der Waals surface area (Å²) in [7, 11) is 2.10. The molecule has 2 heterocycles. The molecule has 2 aliphatic rings. The van der Waals surface area contributed by atoms with Gasteiger partial charge in [0.15, 0.2) is 0 Å². The summed E-state index contributed by atoms with van der Waals surface area (Å²) in [5.74, 6) is 0.769. The number of nitrogens with one attached hydrogen (secondary N) is 1. The van der Waals surface area contributed by atoms with Crippen molar-refractivity contribution in [3.63, 3.8) is 0 Å². The molecule has 0 radical (unpaired) electrons. The van der Waals surface area contributed by atoms with E-state index in [2.05, 4.69) is 29.1 Å². The highest BCUT2D eigenvalue weighted by molar-refractivity contribution is 5.82. The highest BCUT2D eigenvalue weighted by atomic mass is 16.1. The first-order chi connectivity index (χ1) is 8.16. The van der Waals surface area contributed by atoms with Crippen LogP contribution in [0, 0.1) is 5.92 Å². The summed E-state index contributed by atoms with van der Waals surface area (Å²) in [6, 6.07) is 0.413. The minimum absolute atomic E-state index is 0.297. The Bertz CT molecular complexity index is 263. The number of hydrogen-bond donors (Lipinski definition) is 1. The zero-order chi connectivity index (χ0) is 12.3. The SMILES string of the molecule is CC(CC(=O)C1CCN(C)C1)N1CCNCC1. The van der Waals surface area contributed by atoms with Crippen LogP contribution in [0.2, 0.25) is 0 Å². The van der Waals surface area contributed by atoms with E-state index in [4.69, 9.17) is 0 Å². The molecule has 2 aliphatic heterocycles.